The maximum Gasteiger partial charge on any atom is 0.412 e. The first-order valence-corrected chi connectivity index (χ1v) is 6.04. The normalized spacial score (nSPS) is 30.3. The largest absolute Gasteiger partial charge is 0.460 e. The third-order valence-corrected chi connectivity index (χ3v) is 3.65. The van der Waals surface area contributed by atoms with Crippen molar-refractivity contribution in [3.63, 3.8) is 0 Å². The molecule has 2 aliphatic rings. The van der Waals surface area contributed by atoms with Gasteiger partial charge in [-0.3, -0.25) is 4.90 Å². The summed E-state index contributed by atoms with van der Waals surface area (Å²) >= 11 is 0. The number of carbonyl (C=O) groups is 2. The molecular formula is C12H19NO6. The van der Waals surface area contributed by atoms with Gasteiger partial charge in [0.25, 0.3) is 0 Å². The van der Waals surface area contributed by atoms with Crippen LogP contribution >= 0.6 is 0 Å². The third kappa shape index (κ3) is 1.97. The van der Waals surface area contributed by atoms with Crippen LogP contribution in [0, 0.1) is 0 Å². The smallest absolute Gasteiger partial charge is 0.412 e. The van der Waals surface area contributed by atoms with Crippen LogP contribution in [0.2, 0.25) is 0 Å². The third-order valence-electron chi connectivity index (χ3n) is 3.65. The zero-order chi connectivity index (χ0) is 14.3. The van der Waals surface area contributed by atoms with Crippen LogP contribution in [0.15, 0.2) is 0 Å². The van der Waals surface area contributed by atoms with Gasteiger partial charge in [0.1, 0.15) is 12.1 Å². The Balaban J connectivity index is 2.36. The lowest BCUT2D eigenvalue weighted by atomic mass is 9.90. The fourth-order valence-electron chi connectivity index (χ4n) is 2.97. The van der Waals surface area contributed by atoms with Crippen molar-refractivity contribution < 1.29 is 28.5 Å². The van der Waals surface area contributed by atoms with Gasteiger partial charge in [0, 0.05) is 14.2 Å². The molecule has 2 unspecified atom stereocenters. The highest BCUT2D eigenvalue weighted by Gasteiger charge is 2.65. The summed E-state index contributed by atoms with van der Waals surface area (Å²) in [6, 6.07) is 0. The Morgan fingerprint density at radius 3 is 2.47 bits per heavy atom. The topological polar surface area (TPSA) is 74.3 Å². The maximum absolute atomic E-state index is 12.1. The van der Waals surface area contributed by atoms with Crippen molar-refractivity contribution in [1.29, 1.82) is 0 Å². The molecule has 108 valence electrons. The lowest BCUT2D eigenvalue weighted by Crippen LogP contribution is -2.63. The van der Waals surface area contributed by atoms with E-state index in [1.54, 1.807) is 21.1 Å². The van der Waals surface area contributed by atoms with Crippen LogP contribution in [0.3, 0.4) is 0 Å². The van der Waals surface area contributed by atoms with Gasteiger partial charge in [0.05, 0.1) is 18.8 Å². The Morgan fingerprint density at radius 2 is 1.95 bits per heavy atom. The Kier molecular flexibility index (Phi) is 3.44. The highest BCUT2D eigenvalue weighted by atomic mass is 16.6. The highest BCUT2D eigenvalue weighted by Crippen LogP contribution is 2.41. The zero-order valence-electron chi connectivity index (χ0n) is 11.6. The number of fused-ring (bicyclic) bond motifs is 1. The van der Waals surface area contributed by atoms with Crippen LogP contribution in [0.5, 0.6) is 0 Å². The van der Waals surface area contributed by atoms with E-state index in [-0.39, 0.29) is 19.8 Å². The first-order valence-electron chi connectivity index (χ1n) is 6.04. The van der Waals surface area contributed by atoms with Gasteiger partial charge in [-0.15, -0.1) is 0 Å². The SMILES string of the molecule is COCC(C)(COC)N1C(=O)OC2C(=O)OCC21C. The van der Waals surface area contributed by atoms with E-state index >= 15 is 0 Å². The Hall–Kier alpha value is -1.34. The lowest BCUT2D eigenvalue weighted by molar-refractivity contribution is -0.144. The van der Waals surface area contributed by atoms with Gasteiger partial charge in [-0.1, -0.05) is 0 Å². The number of hydrogen-bond acceptors (Lipinski definition) is 6. The molecule has 0 aromatic carbocycles. The van der Waals surface area contributed by atoms with Gasteiger partial charge < -0.3 is 18.9 Å². The summed E-state index contributed by atoms with van der Waals surface area (Å²) in [5, 5.41) is 0. The monoisotopic (exact) mass is 273 g/mol. The average Bonchev–Trinajstić information content (AvgIpc) is 2.73. The lowest BCUT2D eigenvalue weighted by Gasteiger charge is -2.43. The number of ether oxygens (including phenoxy) is 4. The number of cyclic esters (lactones) is 1. The van der Waals surface area contributed by atoms with Crippen LogP contribution in [0.25, 0.3) is 0 Å². The minimum Gasteiger partial charge on any atom is -0.460 e. The van der Waals surface area contributed by atoms with Gasteiger partial charge >= 0.3 is 12.1 Å². The number of nitrogens with zero attached hydrogens (tertiary/aromatic N) is 1. The molecular weight excluding hydrogens is 254 g/mol. The van der Waals surface area contributed by atoms with E-state index in [0.717, 1.165) is 0 Å². The molecule has 19 heavy (non-hydrogen) atoms. The fourth-order valence-corrected chi connectivity index (χ4v) is 2.97. The Bertz CT molecular complexity index is 392. The summed E-state index contributed by atoms with van der Waals surface area (Å²) in [7, 11) is 3.09. The summed E-state index contributed by atoms with van der Waals surface area (Å²) < 4.78 is 20.5. The number of hydrogen-bond donors (Lipinski definition) is 0. The molecule has 2 aliphatic heterocycles. The Morgan fingerprint density at radius 1 is 1.37 bits per heavy atom. The molecule has 2 atom stereocenters. The second kappa shape index (κ2) is 4.64. The van der Waals surface area contributed by atoms with Gasteiger partial charge in [-0.2, -0.15) is 0 Å². The van der Waals surface area contributed by atoms with Crippen molar-refractivity contribution in [2.45, 2.75) is 31.0 Å². The van der Waals surface area contributed by atoms with Gasteiger partial charge in [0.15, 0.2) is 0 Å². The number of amides is 1. The summed E-state index contributed by atoms with van der Waals surface area (Å²) in [5.41, 5.74) is -1.54. The first-order chi connectivity index (χ1) is 8.89. The van der Waals surface area contributed by atoms with Crippen molar-refractivity contribution in [1.82, 2.24) is 4.90 Å². The maximum atomic E-state index is 12.1. The van der Waals surface area contributed by atoms with E-state index in [2.05, 4.69) is 0 Å². The van der Waals surface area contributed by atoms with Crippen LogP contribution in [-0.4, -0.2) is 68.2 Å². The predicted molar refractivity (Wildman–Crippen MR) is 63.6 cm³/mol. The van der Waals surface area contributed by atoms with Gasteiger partial charge in [-0.05, 0) is 13.8 Å². The van der Waals surface area contributed by atoms with Crippen LogP contribution in [0.1, 0.15) is 13.8 Å². The van der Waals surface area contributed by atoms with E-state index in [1.807, 2.05) is 6.92 Å². The average molecular weight is 273 g/mol. The molecule has 0 aromatic rings. The minimum absolute atomic E-state index is 0.116. The summed E-state index contributed by atoms with van der Waals surface area (Å²) in [6.07, 6.45) is -1.42. The van der Waals surface area contributed by atoms with E-state index in [0.29, 0.717) is 0 Å². The molecule has 7 nitrogen and oxygen atoms in total. The van der Waals surface area contributed by atoms with E-state index in [1.165, 1.54) is 4.90 Å². The molecule has 0 spiro atoms. The van der Waals surface area contributed by atoms with Crippen LogP contribution in [0.4, 0.5) is 4.79 Å². The van der Waals surface area contributed by atoms with E-state index < -0.39 is 29.2 Å². The van der Waals surface area contributed by atoms with Crippen LogP contribution in [-0.2, 0) is 23.7 Å². The van der Waals surface area contributed by atoms with Crippen LogP contribution < -0.4 is 0 Å². The molecule has 2 heterocycles. The summed E-state index contributed by atoms with van der Waals surface area (Å²) in [5.74, 6) is -0.504. The molecule has 2 rings (SSSR count). The highest BCUT2D eigenvalue weighted by molar-refractivity contribution is 5.87. The fraction of sp³-hybridized carbons (Fsp3) is 0.833. The summed E-state index contributed by atoms with van der Waals surface area (Å²) in [6.45, 7) is 4.26. The molecule has 0 saturated carbocycles. The van der Waals surface area contributed by atoms with E-state index in [4.69, 9.17) is 18.9 Å². The zero-order valence-corrected chi connectivity index (χ0v) is 11.6. The predicted octanol–water partition coefficient (Wildman–Crippen LogP) is 0.174. The minimum atomic E-state index is -0.881. The van der Waals surface area contributed by atoms with Crippen molar-refractivity contribution in [2.24, 2.45) is 0 Å². The van der Waals surface area contributed by atoms with Crippen molar-refractivity contribution in [2.75, 3.05) is 34.0 Å². The standard InChI is InChI=1S/C12H19NO6/c1-11(5-16-3,6-17-4)13-10(15)19-8-9(14)18-7-12(8,13)2/h8H,5-7H2,1-4H3. The second-order valence-electron chi connectivity index (χ2n) is 5.43. The molecule has 0 N–H and O–H groups in total. The van der Waals surface area contributed by atoms with Crippen molar-refractivity contribution in [3.05, 3.63) is 0 Å². The molecule has 0 aliphatic carbocycles. The second-order valence-corrected chi connectivity index (χ2v) is 5.43. The summed E-state index contributed by atoms with van der Waals surface area (Å²) in [4.78, 5) is 25.2. The molecule has 2 fully saturated rings. The number of rotatable bonds is 5. The van der Waals surface area contributed by atoms with Gasteiger partial charge in [-0.25, -0.2) is 9.59 Å². The van der Waals surface area contributed by atoms with E-state index in [9.17, 15) is 9.59 Å². The first kappa shape index (κ1) is 14.1. The quantitative estimate of drug-likeness (QED) is 0.665. The van der Waals surface area contributed by atoms with Crippen molar-refractivity contribution >= 4 is 12.1 Å². The molecule has 0 radical (unpaired) electrons. The number of esters is 1. The van der Waals surface area contributed by atoms with Crippen molar-refractivity contribution in [3.8, 4) is 0 Å². The Labute approximate surface area is 111 Å². The molecule has 1 amide bonds. The molecule has 7 heteroatoms. The number of carbonyl (C=O) groups excluding carboxylic acids is 2. The van der Waals surface area contributed by atoms with Gasteiger partial charge in [0.2, 0.25) is 6.10 Å². The molecule has 0 aromatic heterocycles. The number of methoxy groups -OCH3 is 2. The molecule has 2 saturated heterocycles. The molecule has 0 bridgehead atoms.